The van der Waals surface area contributed by atoms with E-state index in [1.54, 1.807) is 42.5 Å². The van der Waals surface area contributed by atoms with E-state index in [2.05, 4.69) is 5.32 Å². The van der Waals surface area contributed by atoms with Gasteiger partial charge in [0.15, 0.2) is 0 Å². The van der Waals surface area contributed by atoms with Crippen LogP contribution in [0, 0.1) is 5.82 Å². The number of carbonyl (C=O) groups is 1. The molecule has 0 aliphatic heterocycles. The maximum Gasteiger partial charge on any atom is 0.255 e. The lowest BCUT2D eigenvalue weighted by Gasteiger charge is -2.23. The summed E-state index contributed by atoms with van der Waals surface area (Å²) in [4.78, 5) is 12.9. The molecule has 0 fully saturated rings. The lowest BCUT2D eigenvalue weighted by Crippen LogP contribution is -2.29. The summed E-state index contributed by atoms with van der Waals surface area (Å²) in [7, 11) is -3.68. The molecule has 0 spiro atoms. The first-order valence-electron chi connectivity index (χ1n) is 10.6. The zero-order valence-electron chi connectivity index (χ0n) is 18.5. The Morgan fingerprint density at radius 1 is 0.824 bits per heavy atom. The minimum atomic E-state index is -3.68. The Kier molecular flexibility index (Phi) is 6.75. The zero-order valence-corrected chi connectivity index (χ0v) is 19.3. The number of nitrogens with zero attached hydrogens (tertiary/aromatic N) is 1. The number of hydrogen-bond donors (Lipinski definition) is 1. The molecular weight excluding hydrogens is 451 g/mol. The lowest BCUT2D eigenvalue weighted by atomic mass is 10.0. The highest BCUT2D eigenvalue weighted by molar-refractivity contribution is 7.92. The summed E-state index contributed by atoms with van der Waals surface area (Å²) in [6.45, 7) is -0.151. The predicted octanol–water partition coefficient (Wildman–Crippen LogP) is 5.71. The van der Waals surface area contributed by atoms with Crippen molar-refractivity contribution in [1.29, 1.82) is 0 Å². The maximum absolute atomic E-state index is 14.1. The van der Waals surface area contributed by atoms with E-state index in [4.69, 9.17) is 0 Å². The number of amides is 1. The third-order valence-electron chi connectivity index (χ3n) is 5.35. The second kappa shape index (κ2) is 9.89. The van der Waals surface area contributed by atoms with Gasteiger partial charge >= 0.3 is 0 Å². The van der Waals surface area contributed by atoms with E-state index in [-0.39, 0.29) is 18.0 Å². The van der Waals surface area contributed by atoms with Gasteiger partial charge < -0.3 is 5.32 Å². The molecule has 0 saturated carbocycles. The third kappa shape index (κ3) is 5.32. The Morgan fingerprint density at radius 3 is 2.12 bits per heavy atom. The SMILES string of the molecule is CS(=O)(=O)N(Cc1ccccc1F)c1ccc(C(=O)Nc2ccccc2-c2ccccc2)cc1. The summed E-state index contributed by atoms with van der Waals surface area (Å²) in [6, 6.07) is 29.5. The minimum Gasteiger partial charge on any atom is -0.321 e. The number of hydrogen-bond acceptors (Lipinski definition) is 3. The summed E-state index contributed by atoms with van der Waals surface area (Å²) < 4.78 is 40.0. The molecule has 0 unspecified atom stereocenters. The molecule has 4 aromatic rings. The van der Waals surface area contributed by atoms with Crippen LogP contribution >= 0.6 is 0 Å². The molecule has 0 aliphatic rings. The molecule has 34 heavy (non-hydrogen) atoms. The topological polar surface area (TPSA) is 66.5 Å². The monoisotopic (exact) mass is 474 g/mol. The Bertz CT molecular complexity index is 1410. The van der Waals surface area contributed by atoms with Crippen LogP contribution in [0.15, 0.2) is 103 Å². The third-order valence-corrected chi connectivity index (χ3v) is 6.49. The number of sulfonamides is 1. The van der Waals surface area contributed by atoms with E-state index in [0.717, 1.165) is 21.7 Å². The maximum atomic E-state index is 14.1. The first kappa shape index (κ1) is 23.2. The Balaban J connectivity index is 1.57. The minimum absolute atomic E-state index is 0.151. The fourth-order valence-corrected chi connectivity index (χ4v) is 4.49. The van der Waals surface area contributed by atoms with Crippen molar-refractivity contribution in [3.8, 4) is 11.1 Å². The van der Waals surface area contributed by atoms with Crippen LogP contribution in [-0.4, -0.2) is 20.6 Å². The second-order valence-electron chi connectivity index (χ2n) is 7.77. The van der Waals surface area contributed by atoms with Gasteiger partial charge in [0.05, 0.1) is 18.5 Å². The van der Waals surface area contributed by atoms with E-state index in [1.165, 1.54) is 6.07 Å². The Labute approximate surface area is 198 Å². The molecule has 0 aromatic heterocycles. The van der Waals surface area contributed by atoms with Crippen molar-refractivity contribution in [3.05, 3.63) is 120 Å². The smallest absolute Gasteiger partial charge is 0.255 e. The van der Waals surface area contributed by atoms with Crippen LogP contribution in [0.4, 0.5) is 15.8 Å². The number of carbonyl (C=O) groups excluding carboxylic acids is 1. The summed E-state index contributed by atoms with van der Waals surface area (Å²) in [6.07, 6.45) is 1.06. The van der Waals surface area contributed by atoms with Gasteiger partial charge in [-0.1, -0.05) is 66.7 Å². The molecule has 1 amide bonds. The van der Waals surface area contributed by atoms with Crippen molar-refractivity contribution < 1.29 is 17.6 Å². The number of para-hydroxylation sites is 1. The number of benzene rings is 4. The van der Waals surface area contributed by atoms with Crippen LogP contribution in [0.2, 0.25) is 0 Å². The van der Waals surface area contributed by atoms with Gasteiger partial charge in [0.2, 0.25) is 10.0 Å². The van der Waals surface area contributed by atoms with Crippen molar-refractivity contribution in [2.45, 2.75) is 6.54 Å². The quantitative estimate of drug-likeness (QED) is 0.373. The second-order valence-corrected chi connectivity index (χ2v) is 9.68. The van der Waals surface area contributed by atoms with Crippen molar-refractivity contribution in [3.63, 3.8) is 0 Å². The Morgan fingerprint density at radius 2 is 1.44 bits per heavy atom. The molecule has 4 aromatic carbocycles. The Hall–Kier alpha value is -3.97. The summed E-state index contributed by atoms with van der Waals surface area (Å²) in [5, 5.41) is 2.93. The molecule has 0 heterocycles. The number of anilines is 2. The summed E-state index contributed by atoms with van der Waals surface area (Å²) in [5.41, 5.74) is 3.50. The van der Waals surface area contributed by atoms with Crippen LogP contribution in [0.25, 0.3) is 11.1 Å². The van der Waals surface area contributed by atoms with Gasteiger partial charge in [0, 0.05) is 22.4 Å². The highest BCUT2D eigenvalue weighted by Gasteiger charge is 2.20. The molecule has 5 nitrogen and oxygen atoms in total. The number of rotatable bonds is 7. The van der Waals surface area contributed by atoms with E-state index < -0.39 is 15.8 Å². The van der Waals surface area contributed by atoms with Crippen molar-refractivity contribution in [1.82, 2.24) is 0 Å². The molecule has 0 saturated heterocycles. The molecule has 1 N–H and O–H groups in total. The molecule has 4 rings (SSSR count). The molecular formula is C27H23FN2O3S. The van der Waals surface area contributed by atoms with Gasteiger partial charge in [-0.3, -0.25) is 9.10 Å². The van der Waals surface area contributed by atoms with Gasteiger partial charge in [-0.2, -0.15) is 0 Å². The van der Waals surface area contributed by atoms with Gasteiger partial charge in [-0.15, -0.1) is 0 Å². The molecule has 0 atom stereocenters. The highest BCUT2D eigenvalue weighted by Crippen LogP contribution is 2.28. The fraction of sp³-hybridized carbons (Fsp3) is 0.0741. The van der Waals surface area contributed by atoms with E-state index in [0.29, 0.717) is 16.9 Å². The normalized spacial score (nSPS) is 11.1. The number of nitrogens with one attached hydrogen (secondary N) is 1. The van der Waals surface area contributed by atoms with E-state index in [1.807, 2.05) is 54.6 Å². The lowest BCUT2D eigenvalue weighted by molar-refractivity contribution is 0.102. The molecule has 7 heteroatoms. The standard InChI is InChI=1S/C27H23FN2O3S/c1-34(32,33)30(19-22-11-5-7-13-25(22)28)23-17-15-21(16-18-23)27(31)29-26-14-8-6-12-24(26)20-9-3-2-4-10-20/h2-18H,19H2,1H3,(H,29,31). The zero-order chi connectivity index (χ0) is 24.1. The fourth-order valence-electron chi connectivity index (χ4n) is 3.62. The van der Waals surface area contributed by atoms with Gasteiger partial charge in [0.25, 0.3) is 5.91 Å². The largest absolute Gasteiger partial charge is 0.321 e. The summed E-state index contributed by atoms with van der Waals surface area (Å²) in [5.74, 6) is -0.806. The van der Waals surface area contributed by atoms with Crippen LogP contribution in [0.1, 0.15) is 15.9 Å². The first-order chi connectivity index (χ1) is 16.3. The predicted molar refractivity (Wildman–Crippen MR) is 134 cm³/mol. The van der Waals surface area contributed by atoms with E-state index in [9.17, 15) is 17.6 Å². The van der Waals surface area contributed by atoms with Gasteiger partial charge in [0.1, 0.15) is 5.82 Å². The number of halogens is 1. The molecule has 0 radical (unpaired) electrons. The van der Waals surface area contributed by atoms with Crippen molar-refractivity contribution in [2.24, 2.45) is 0 Å². The van der Waals surface area contributed by atoms with Gasteiger partial charge in [-0.05, 0) is 42.0 Å². The highest BCUT2D eigenvalue weighted by atomic mass is 32.2. The van der Waals surface area contributed by atoms with Crippen LogP contribution in [0.3, 0.4) is 0 Å². The molecule has 0 bridgehead atoms. The van der Waals surface area contributed by atoms with Crippen LogP contribution in [-0.2, 0) is 16.6 Å². The molecule has 0 aliphatic carbocycles. The molecule has 172 valence electrons. The average Bonchev–Trinajstić information content (AvgIpc) is 2.84. The van der Waals surface area contributed by atoms with Crippen molar-refractivity contribution in [2.75, 3.05) is 15.9 Å². The van der Waals surface area contributed by atoms with Crippen LogP contribution < -0.4 is 9.62 Å². The average molecular weight is 475 g/mol. The van der Waals surface area contributed by atoms with E-state index >= 15 is 0 Å². The summed E-state index contributed by atoms with van der Waals surface area (Å²) >= 11 is 0. The first-order valence-corrected chi connectivity index (χ1v) is 12.4. The van der Waals surface area contributed by atoms with Crippen LogP contribution in [0.5, 0.6) is 0 Å². The van der Waals surface area contributed by atoms with Crippen molar-refractivity contribution >= 4 is 27.3 Å². The van der Waals surface area contributed by atoms with Gasteiger partial charge in [-0.25, -0.2) is 12.8 Å².